The first-order chi connectivity index (χ1) is 13.4. The molecule has 146 valence electrons. The van der Waals surface area contributed by atoms with Crippen LogP contribution in [0, 0.1) is 12.7 Å². The predicted octanol–water partition coefficient (Wildman–Crippen LogP) is 1.57. The maximum absolute atomic E-state index is 14.1. The molecule has 8 nitrogen and oxygen atoms in total. The Morgan fingerprint density at radius 1 is 1.25 bits per heavy atom. The molecule has 0 aromatic carbocycles. The van der Waals surface area contributed by atoms with Crippen LogP contribution in [0.5, 0.6) is 0 Å². The van der Waals surface area contributed by atoms with Crippen LogP contribution < -0.4 is 15.5 Å². The number of hydrogen-bond donors (Lipinski definition) is 2. The van der Waals surface area contributed by atoms with E-state index in [1.807, 2.05) is 0 Å². The number of hydrogen-bond acceptors (Lipinski definition) is 6. The van der Waals surface area contributed by atoms with Crippen LogP contribution in [0.2, 0.25) is 0 Å². The number of nitrogens with one attached hydrogen (secondary N) is 2. The Bertz CT molecular complexity index is 1020. The molecule has 0 bridgehead atoms. The van der Waals surface area contributed by atoms with E-state index >= 15 is 0 Å². The van der Waals surface area contributed by atoms with Crippen molar-refractivity contribution < 1.29 is 13.6 Å². The molecule has 1 amide bonds. The van der Waals surface area contributed by atoms with Crippen LogP contribution in [0.1, 0.15) is 16.1 Å². The van der Waals surface area contributed by atoms with Gasteiger partial charge >= 0.3 is 0 Å². The van der Waals surface area contributed by atoms with Crippen molar-refractivity contribution in [3.8, 4) is 0 Å². The van der Waals surface area contributed by atoms with E-state index in [0.29, 0.717) is 18.2 Å². The minimum Gasteiger partial charge on any atom is -0.336 e. The van der Waals surface area contributed by atoms with Gasteiger partial charge in [-0.25, -0.2) is 23.7 Å². The van der Waals surface area contributed by atoms with E-state index in [1.54, 1.807) is 31.3 Å². The van der Waals surface area contributed by atoms with Crippen molar-refractivity contribution in [2.24, 2.45) is 0 Å². The van der Waals surface area contributed by atoms with E-state index in [2.05, 4.69) is 25.6 Å². The summed E-state index contributed by atoms with van der Waals surface area (Å²) < 4.78 is 29.5. The Labute approximate surface area is 159 Å². The highest BCUT2D eigenvalue weighted by Gasteiger charge is 2.33. The van der Waals surface area contributed by atoms with Crippen LogP contribution in [0.25, 0.3) is 5.65 Å². The van der Waals surface area contributed by atoms with E-state index in [0.717, 1.165) is 0 Å². The fourth-order valence-electron chi connectivity index (χ4n) is 3.25. The van der Waals surface area contributed by atoms with Gasteiger partial charge < -0.3 is 19.9 Å². The largest absolute Gasteiger partial charge is 0.336 e. The van der Waals surface area contributed by atoms with Crippen molar-refractivity contribution in [1.29, 1.82) is 0 Å². The molecule has 10 heteroatoms. The Hall–Kier alpha value is -3.14. The number of rotatable bonds is 4. The van der Waals surface area contributed by atoms with Gasteiger partial charge in [-0.3, -0.25) is 4.79 Å². The maximum Gasteiger partial charge on any atom is 0.258 e. The summed E-state index contributed by atoms with van der Waals surface area (Å²) in [5.41, 5.74) is 1.37. The molecule has 0 radical (unpaired) electrons. The second kappa shape index (κ2) is 7.12. The van der Waals surface area contributed by atoms with Gasteiger partial charge in [0.05, 0.1) is 29.5 Å². The van der Waals surface area contributed by atoms with Gasteiger partial charge in [0.15, 0.2) is 11.5 Å². The van der Waals surface area contributed by atoms with Crippen LogP contribution in [0.4, 0.5) is 20.4 Å². The monoisotopic (exact) mass is 387 g/mol. The standard InChI is InChI=1S/C18H19F2N7O/c1-10-6-26-7-12(3-13(19)16(26)24-10)25-17(28)11-4-22-18(23-5-11)27-8-14(20)15(9-27)21-2/h3-7,14-15,21H,8-9H2,1-2H3,(H,25,28). The molecular weight excluding hydrogens is 368 g/mol. The normalized spacial score (nSPS) is 19.4. The number of halogens is 2. The number of pyridine rings is 1. The first kappa shape index (κ1) is 18.2. The zero-order valence-electron chi connectivity index (χ0n) is 15.4. The summed E-state index contributed by atoms with van der Waals surface area (Å²) in [5.74, 6) is -0.648. The maximum atomic E-state index is 14.1. The lowest BCUT2D eigenvalue weighted by molar-refractivity contribution is 0.102. The molecule has 28 heavy (non-hydrogen) atoms. The molecule has 4 rings (SSSR count). The van der Waals surface area contributed by atoms with Crippen molar-refractivity contribution in [1.82, 2.24) is 24.7 Å². The lowest BCUT2D eigenvalue weighted by atomic mass is 10.2. The molecule has 0 saturated carbocycles. The van der Waals surface area contributed by atoms with Gasteiger partial charge in [-0.1, -0.05) is 0 Å². The van der Waals surface area contributed by atoms with Crippen molar-refractivity contribution in [2.75, 3.05) is 30.4 Å². The van der Waals surface area contributed by atoms with Crippen LogP contribution in [-0.4, -0.2) is 57.6 Å². The number of imidazole rings is 1. The van der Waals surface area contributed by atoms with Gasteiger partial charge in [0.2, 0.25) is 5.95 Å². The molecule has 1 aliphatic rings. The number of anilines is 2. The molecule has 4 heterocycles. The molecule has 1 saturated heterocycles. The lowest BCUT2D eigenvalue weighted by Crippen LogP contribution is -2.34. The minimum atomic E-state index is -1.01. The number of alkyl halides is 1. The fourth-order valence-corrected chi connectivity index (χ4v) is 3.25. The van der Waals surface area contributed by atoms with Gasteiger partial charge in [-0.15, -0.1) is 0 Å². The number of carbonyl (C=O) groups is 1. The highest BCUT2D eigenvalue weighted by molar-refractivity contribution is 6.03. The number of aromatic nitrogens is 4. The molecule has 1 aliphatic heterocycles. The third-order valence-corrected chi connectivity index (χ3v) is 4.69. The lowest BCUT2D eigenvalue weighted by Gasteiger charge is -2.15. The van der Waals surface area contributed by atoms with E-state index in [-0.39, 0.29) is 29.5 Å². The van der Waals surface area contributed by atoms with E-state index in [9.17, 15) is 13.6 Å². The molecule has 2 N–H and O–H groups in total. The summed E-state index contributed by atoms with van der Waals surface area (Å²) in [6.07, 6.45) is 4.98. The fraction of sp³-hybridized carbons (Fsp3) is 0.333. The Kier molecular flexibility index (Phi) is 4.63. The average Bonchev–Trinajstić information content (AvgIpc) is 3.24. The molecule has 2 atom stereocenters. The highest BCUT2D eigenvalue weighted by atomic mass is 19.1. The van der Waals surface area contributed by atoms with E-state index in [1.165, 1.54) is 22.9 Å². The first-order valence-electron chi connectivity index (χ1n) is 8.79. The molecule has 0 spiro atoms. The average molecular weight is 387 g/mol. The smallest absolute Gasteiger partial charge is 0.258 e. The summed E-state index contributed by atoms with van der Waals surface area (Å²) in [4.78, 5) is 26.6. The number of aryl methyl sites for hydroxylation is 1. The molecular formula is C18H19F2N7O. The Balaban J connectivity index is 1.48. The van der Waals surface area contributed by atoms with Gasteiger partial charge in [-0.2, -0.15) is 0 Å². The van der Waals surface area contributed by atoms with E-state index in [4.69, 9.17) is 0 Å². The van der Waals surface area contributed by atoms with Gasteiger partial charge in [0.25, 0.3) is 5.91 Å². The zero-order chi connectivity index (χ0) is 19.8. The molecule has 3 aromatic rings. The number of likely N-dealkylation sites (N-methyl/N-ethyl adjacent to an activating group) is 1. The number of nitrogens with zero attached hydrogens (tertiary/aromatic N) is 5. The van der Waals surface area contributed by atoms with E-state index < -0.39 is 17.9 Å². The first-order valence-corrected chi connectivity index (χ1v) is 8.79. The quantitative estimate of drug-likeness (QED) is 0.707. The summed E-state index contributed by atoms with van der Waals surface area (Å²) in [6.45, 7) is 2.40. The third kappa shape index (κ3) is 3.38. The van der Waals surface area contributed by atoms with Crippen molar-refractivity contribution in [3.63, 3.8) is 0 Å². The second-order valence-corrected chi connectivity index (χ2v) is 6.73. The van der Waals surface area contributed by atoms with Gasteiger partial charge in [0, 0.05) is 37.4 Å². The molecule has 3 aromatic heterocycles. The predicted molar refractivity (Wildman–Crippen MR) is 99.8 cm³/mol. The van der Waals surface area contributed by atoms with Gasteiger partial charge in [0.1, 0.15) is 6.17 Å². The number of amides is 1. The van der Waals surface area contributed by atoms with Crippen molar-refractivity contribution in [3.05, 3.63) is 47.9 Å². The summed E-state index contributed by atoms with van der Waals surface area (Å²) in [7, 11) is 1.71. The third-order valence-electron chi connectivity index (χ3n) is 4.69. The zero-order valence-corrected chi connectivity index (χ0v) is 15.4. The van der Waals surface area contributed by atoms with Crippen LogP contribution >= 0.6 is 0 Å². The summed E-state index contributed by atoms with van der Waals surface area (Å²) >= 11 is 0. The molecule has 1 fully saturated rings. The van der Waals surface area contributed by atoms with Crippen LogP contribution in [-0.2, 0) is 0 Å². The number of carbonyl (C=O) groups excluding carboxylic acids is 1. The Morgan fingerprint density at radius 3 is 2.68 bits per heavy atom. The Morgan fingerprint density at radius 2 is 2.00 bits per heavy atom. The van der Waals surface area contributed by atoms with Crippen molar-refractivity contribution >= 4 is 23.2 Å². The SMILES string of the molecule is CNC1CN(c2ncc(C(=O)Nc3cc(F)c4nc(C)cn4c3)cn2)CC1F. The summed E-state index contributed by atoms with van der Waals surface area (Å²) in [6, 6.07) is 0.932. The van der Waals surface area contributed by atoms with Gasteiger partial charge in [-0.05, 0) is 14.0 Å². The number of fused-ring (bicyclic) bond motifs is 1. The molecule has 2 unspecified atom stereocenters. The minimum absolute atomic E-state index is 0.194. The topological polar surface area (TPSA) is 87.5 Å². The van der Waals surface area contributed by atoms with Crippen molar-refractivity contribution in [2.45, 2.75) is 19.1 Å². The highest BCUT2D eigenvalue weighted by Crippen LogP contribution is 2.19. The van der Waals surface area contributed by atoms with Crippen LogP contribution in [0.15, 0.2) is 30.9 Å². The summed E-state index contributed by atoms with van der Waals surface area (Å²) in [5, 5.41) is 5.54. The second-order valence-electron chi connectivity index (χ2n) is 6.73. The molecule has 0 aliphatic carbocycles. The van der Waals surface area contributed by atoms with Crippen LogP contribution in [0.3, 0.4) is 0 Å².